The van der Waals surface area contributed by atoms with Crippen LogP contribution in [-0.2, 0) is 9.47 Å². The first kappa shape index (κ1) is 19.5. The van der Waals surface area contributed by atoms with Gasteiger partial charge in [0, 0.05) is 13.1 Å². The minimum atomic E-state index is -0.933. The van der Waals surface area contributed by atoms with Crippen LogP contribution in [0, 0.1) is 5.92 Å². The summed E-state index contributed by atoms with van der Waals surface area (Å²) in [7, 11) is 0. The van der Waals surface area contributed by atoms with Gasteiger partial charge in [-0.15, -0.1) is 0 Å². The third-order valence-corrected chi connectivity index (χ3v) is 3.23. The minimum absolute atomic E-state index is 0.144. The molecule has 1 fully saturated rings. The summed E-state index contributed by atoms with van der Waals surface area (Å²) in [4.78, 5) is 23.1. The molecule has 1 aliphatic carbocycles. The summed E-state index contributed by atoms with van der Waals surface area (Å²) in [5.74, 6) is 0.174. The van der Waals surface area contributed by atoms with Crippen LogP contribution in [0.2, 0.25) is 0 Å². The molecule has 0 aromatic carbocycles. The van der Waals surface area contributed by atoms with Gasteiger partial charge in [-0.05, 0) is 60.3 Å². The van der Waals surface area contributed by atoms with Crippen LogP contribution in [0.1, 0.15) is 54.4 Å². The van der Waals surface area contributed by atoms with Crippen molar-refractivity contribution in [3.05, 3.63) is 0 Å². The number of ether oxygens (including phenoxy) is 2. The Balaban J connectivity index is 2.21. The summed E-state index contributed by atoms with van der Waals surface area (Å²) in [5.41, 5.74) is -2.02. The molecule has 0 aromatic rings. The average Bonchev–Trinajstić information content (AvgIpc) is 2.26. The SMILES string of the molecule is CC(C)(C)OC(=O)NCC1CC(O)(CNC(=O)OC(C)(C)C)C1. The summed E-state index contributed by atoms with van der Waals surface area (Å²) in [6.45, 7) is 11.3. The molecule has 0 heterocycles. The Kier molecular flexibility index (Phi) is 5.90. The lowest BCUT2D eigenvalue weighted by molar-refractivity contribution is -0.0710. The third-order valence-electron chi connectivity index (χ3n) is 3.23. The second-order valence-electron chi connectivity index (χ2n) is 8.24. The van der Waals surface area contributed by atoms with Crippen molar-refractivity contribution in [1.82, 2.24) is 10.6 Å². The molecule has 23 heavy (non-hydrogen) atoms. The Labute approximate surface area is 138 Å². The van der Waals surface area contributed by atoms with Gasteiger partial charge in [-0.1, -0.05) is 0 Å². The smallest absolute Gasteiger partial charge is 0.407 e. The van der Waals surface area contributed by atoms with Crippen LogP contribution in [0.25, 0.3) is 0 Å². The van der Waals surface area contributed by atoms with Gasteiger partial charge in [0.05, 0.1) is 5.60 Å². The molecule has 2 amide bonds. The second kappa shape index (κ2) is 6.95. The highest BCUT2D eigenvalue weighted by atomic mass is 16.6. The van der Waals surface area contributed by atoms with Crippen LogP contribution in [0.15, 0.2) is 0 Å². The quantitative estimate of drug-likeness (QED) is 0.734. The maximum Gasteiger partial charge on any atom is 0.407 e. The van der Waals surface area contributed by atoms with Crippen LogP contribution in [0.4, 0.5) is 9.59 Å². The Morgan fingerprint density at radius 2 is 1.43 bits per heavy atom. The number of hydrogen-bond donors (Lipinski definition) is 3. The molecule has 1 saturated carbocycles. The van der Waals surface area contributed by atoms with E-state index in [9.17, 15) is 14.7 Å². The lowest BCUT2D eigenvalue weighted by atomic mass is 9.71. The van der Waals surface area contributed by atoms with Gasteiger partial charge < -0.3 is 25.2 Å². The van der Waals surface area contributed by atoms with Crippen LogP contribution < -0.4 is 10.6 Å². The van der Waals surface area contributed by atoms with Gasteiger partial charge in [-0.25, -0.2) is 9.59 Å². The maximum absolute atomic E-state index is 11.6. The Hall–Kier alpha value is -1.50. The Morgan fingerprint density at radius 3 is 1.87 bits per heavy atom. The second-order valence-corrected chi connectivity index (χ2v) is 8.24. The fourth-order valence-electron chi connectivity index (χ4n) is 2.40. The van der Waals surface area contributed by atoms with Gasteiger partial charge in [0.25, 0.3) is 0 Å². The van der Waals surface area contributed by atoms with Crippen LogP contribution in [0.3, 0.4) is 0 Å². The van der Waals surface area contributed by atoms with E-state index in [-0.39, 0.29) is 12.5 Å². The molecule has 7 nitrogen and oxygen atoms in total. The van der Waals surface area contributed by atoms with Gasteiger partial charge in [0.1, 0.15) is 11.2 Å². The number of carbonyl (C=O) groups is 2. The highest BCUT2D eigenvalue weighted by Crippen LogP contribution is 2.36. The van der Waals surface area contributed by atoms with Crippen molar-refractivity contribution in [3.8, 4) is 0 Å². The largest absolute Gasteiger partial charge is 0.444 e. The fourth-order valence-corrected chi connectivity index (χ4v) is 2.40. The van der Waals surface area contributed by atoms with E-state index in [2.05, 4.69) is 10.6 Å². The van der Waals surface area contributed by atoms with Gasteiger partial charge in [-0.3, -0.25) is 0 Å². The number of carbonyl (C=O) groups excluding carboxylic acids is 2. The molecule has 134 valence electrons. The highest BCUT2D eigenvalue weighted by molar-refractivity contribution is 5.68. The minimum Gasteiger partial charge on any atom is -0.444 e. The zero-order valence-corrected chi connectivity index (χ0v) is 15.0. The van der Waals surface area contributed by atoms with Crippen molar-refractivity contribution in [2.75, 3.05) is 13.1 Å². The Bertz CT molecular complexity index is 431. The number of aliphatic hydroxyl groups is 1. The molecule has 0 radical (unpaired) electrons. The fraction of sp³-hybridized carbons (Fsp3) is 0.875. The van der Waals surface area contributed by atoms with Crippen molar-refractivity contribution in [2.45, 2.75) is 71.2 Å². The molecule has 1 rings (SSSR count). The lowest BCUT2D eigenvalue weighted by Crippen LogP contribution is -2.55. The molecule has 0 bridgehead atoms. The Morgan fingerprint density at radius 1 is 1.00 bits per heavy atom. The average molecular weight is 330 g/mol. The van der Waals surface area contributed by atoms with E-state index >= 15 is 0 Å². The highest BCUT2D eigenvalue weighted by Gasteiger charge is 2.43. The number of nitrogens with one attached hydrogen (secondary N) is 2. The molecular weight excluding hydrogens is 300 g/mol. The van der Waals surface area contributed by atoms with E-state index in [1.54, 1.807) is 41.5 Å². The van der Waals surface area contributed by atoms with E-state index in [4.69, 9.17) is 9.47 Å². The zero-order valence-electron chi connectivity index (χ0n) is 15.0. The summed E-state index contributed by atoms with van der Waals surface area (Å²) in [5, 5.41) is 15.5. The van der Waals surface area contributed by atoms with E-state index in [0.717, 1.165) is 0 Å². The predicted octanol–water partition coefficient (Wildman–Crippen LogP) is 2.18. The first-order valence-electron chi connectivity index (χ1n) is 7.94. The van der Waals surface area contributed by atoms with E-state index in [1.807, 2.05) is 0 Å². The van der Waals surface area contributed by atoms with E-state index in [1.165, 1.54) is 0 Å². The third kappa shape index (κ3) is 8.06. The first-order chi connectivity index (χ1) is 10.3. The molecular formula is C16H30N2O5. The topological polar surface area (TPSA) is 96.9 Å². The molecule has 7 heteroatoms. The summed E-state index contributed by atoms with van der Waals surface area (Å²) >= 11 is 0. The predicted molar refractivity (Wildman–Crippen MR) is 86.1 cm³/mol. The van der Waals surface area contributed by atoms with Gasteiger partial charge in [0.15, 0.2) is 0 Å². The molecule has 0 aromatic heterocycles. The molecule has 0 spiro atoms. The van der Waals surface area contributed by atoms with Gasteiger partial charge in [0.2, 0.25) is 0 Å². The number of amides is 2. The molecule has 0 aliphatic heterocycles. The normalized spacial score (nSPS) is 24.4. The molecule has 1 aliphatic rings. The number of alkyl carbamates (subject to hydrolysis) is 2. The summed E-state index contributed by atoms with van der Waals surface area (Å²) < 4.78 is 10.3. The van der Waals surface area contributed by atoms with Crippen molar-refractivity contribution in [1.29, 1.82) is 0 Å². The van der Waals surface area contributed by atoms with Crippen molar-refractivity contribution < 1.29 is 24.2 Å². The van der Waals surface area contributed by atoms with E-state index < -0.39 is 29.0 Å². The van der Waals surface area contributed by atoms with Crippen molar-refractivity contribution in [3.63, 3.8) is 0 Å². The maximum atomic E-state index is 11.6. The molecule has 3 N–H and O–H groups in total. The standard InChI is InChI=1S/C16H30N2O5/c1-14(2,3)22-12(19)17-9-11-7-16(21,8-11)10-18-13(20)23-15(4,5)6/h11,21H,7-10H2,1-6H3,(H,17,19)(H,18,20). The number of rotatable bonds is 4. The van der Waals surface area contributed by atoms with Crippen molar-refractivity contribution >= 4 is 12.2 Å². The monoisotopic (exact) mass is 330 g/mol. The van der Waals surface area contributed by atoms with E-state index in [0.29, 0.717) is 19.4 Å². The summed E-state index contributed by atoms with van der Waals surface area (Å²) in [6, 6.07) is 0. The van der Waals surface area contributed by atoms with Crippen LogP contribution in [0.5, 0.6) is 0 Å². The number of hydrogen-bond acceptors (Lipinski definition) is 5. The molecule has 0 unspecified atom stereocenters. The van der Waals surface area contributed by atoms with Gasteiger partial charge in [-0.2, -0.15) is 0 Å². The first-order valence-corrected chi connectivity index (χ1v) is 7.94. The molecule has 0 atom stereocenters. The van der Waals surface area contributed by atoms with Gasteiger partial charge >= 0.3 is 12.2 Å². The lowest BCUT2D eigenvalue weighted by Gasteiger charge is -2.43. The van der Waals surface area contributed by atoms with Crippen LogP contribution in [-0.4, -0.2) is 47.2 Å². The zero-order chi connectivity index (χ0) is 17.9. The van der Waals surface area contributed by atoms with Crippen molar-refractivity contribution in [2.24, 2.45) is 5.92 Å². The van der Waals surface area contributed by atoms with Crippen LogP contribution >= 0.6 is 0 Å². The molecule has 0 saturated heterocycles. The summed E-state index contributed by atoms with van der Waals surface area (Å²) in [6.07, 6.45) is 0.0260.